The molecule has 0 fully saturated rings. The molecule has 0 radical (unpaired) electrons. The van der Waals surface area contributed by atoms with E-state index in [1.807, 2.05) is 0 Å². The van der Waals surface area contributed by atoms with Crippen molar-refractivity contribution in [3.8, 4) is 0 Å². The van der Waals surface area contributed by atoms with Gasteiger partial charge in [0.1, 0.15) is 5.78 Å². The molecule has 1 aromatic carbocycles. The molecule has 1 aromatic rings. The highest BCUT2D eigenvalue weighted by atomic mass is 16.1. The number of hydrogen-bond donors (Lipinski definition) is 1. The van der Waals surface area contributed by atoms with Crippen LogP contribution >= 0.6 is 0 Å². The van der Waals surface area contributed by atoms with Crippen LogP contribution in [0.15, 0.2) is 18.2 Å². The molecule has 0 aliphatic heterocycles. The second kappa shape index (κ2) is 4.91. The molecule has 0 spiro atoms. The van der Waals surface area contributed by atoms with Crippen LogP contribution in [0.4, 0.5) is 0 Å². The van der Waals surface area contributed by atoms with Gasteiger partial charge in [-0.1, -0.05) is 23.8 Å². The fourth-order valence-electron chi connectivity index (χ4n) is 1.45. The molecule has 2 nitrogen and oxygen atoms in total. The first-order valence-electron chi connectivity index (χ1n) is 4.91. The molecule has 14 heavy (non-hydrogen) atoms. The van der Waals surface area contributed by atoms with Gasteiger partial charge in [0.15, 0.2) is 0 Å². The van der Waals surface area contributed by atoms with E-state index in [4.69, 9.17) is 5.73 Å². The van der Waals surface area contributed by atoms with Gasteiger partial charge in [0.25, 0.3) is 0 Å². The summed E-state index contributed by atoms with van der Waals surface area (Å²) < 4.78 is 0. The summed E-state index contributed by atoms with van der Waals surface area (Å²) in [5, 5.41) is 0. The van der Waals surface area contributed by atoms with Crippen molar-refractivity contribution in [1.82, 2.24) is 0 Å². The lowest BCUT2D eigenvalue weighted by atomic mass is 10.0. The van der Waals surface area contributed by atoms with Crippen LogP contribution in [0.5, 0.6) is 0 Å². The van der Waals surface area contributed by atoms with E-state index in [1.165, 1.54) is 16.7 Å². The van der Waals surface area contributed by atoms with Gasteiger partial charge in [-0.15, -0.1) is 0 Å². The molecule has 0 unspecified atom stereocenters. The topological polar surface area (TPSA) is 43.1 Å². The minimum absolute atomic E-state index is 0.130. The van der Waals surface area contributed by atoms with Crippen molar-refractivity contribution in [2.24, 2.45) is 5.73 Å². The summed E-state index contributed by atoms with van der Waals surface area (Å²) in [6.07, 6.45) is 1.37. The standard InChI is InChI=1S/C12H17NO/c1-9-3-4-10(2)11(7-9)5-6-12(14)8-13/h3-4,7H,5-6,8,13H2,1-2H3. The Balaban J connectivity index is 2.66. The van der Waals surface area contributed by atoms with Gasteiger partial charge in [0.05, 0.1) is 6.54 Å². The maximum Gasteiger partial charge on any atom is 0.146 e. The first kappa shape index (κ1) is 10.9. The third-order valence-corrected chi connectivity index (χ3v) is 2.41. The van der Waals surface area contributed by atoms with E-state index in [1.54, 1.807) is 0 Å². The number of carbonyl (C=O) groups is 1. The fraction of sp³-hybridized carbons (Fsp3) is 0.417. The van der Waals surface area contributed by atoms with E-state index in [0.29, 0.717) is 6.42 Å². The molecular formula is C12H17NO. The lowest BCUT2D eigenvalue weighted by Crippen LogP contribution is -2.14. The highest BCUT2D eigenvalue weighted by Crippen LogP contribution is 2.12. The largest absolute Gasteiger partial charge is 0.324 e. The van der Waals surface area contributed by atoms with Gasteiger partial charge in [-0.05, 0) is 31.4 Å². The molecule has 0 saturated carbocycles. The Morgan fingerprint density at radius 2 is 2.07 bits per heavy atom. The minimum Gasteiger partial charge on any atom is -0.324 e. The summed E-state index contributed by atoms with van der Waals surface area (Å²) >= 11 is 0. The number of aryl methyl sites for hydroxylation is 3. The normalized spacial score (nSPS) is 10.2. The zero-order valence-electron chi connectivity index (χ0n) is 8.84. The summed E-state index contributed by atoms with van der Waals surface area (Å²) in [6.45, 7) is 4.29. The molecule has 1 rings (SSSR count). The lowest BCUT2D eigenvalue weighted by molar-refractivity contribution is -0.117. The van der Waals surface area contributed by atoms with Crippen LogP contribution in [0.25, 0.3) is 0 Å². The quantitative estimate of drug-likeness (QED) is 0.788. The lowest BCUT2D eigenvalue weighted by Gasteiger charge is -2.05. The number of benzene rings is 1. The van der Waals surface area contributed by atoms with Crippen molar-refractivity contribution in [2.45, 2.75) is 26.7 Å². The molecule has 0 bridgehead atoms. The first-order chi connectivity index (χ1) is 6.63. The summed E-state index contributed by atoms with van der Waals surface area (Å²) in [4.78, 5) is 11.1. The zero-order chi connectivity index (χ0) is 10.6. The van der Waals surface area contributed by atoms with Gasteiger partial charge in [-0.2, -0.15) is 0 Å². The van der Waals surface area contributed by atoms with Crippen LogP contribution in [0.3, 0.4) is 0 Å². The van der Waals surface area contributed by atoms with Crippen LogP contribution in [-0.4, -0.2) is 12.3 Å². The van der Waals surface area contributed by atoms with Crippen LogP contribution in [-0.2, 0) is 11.2 Å². The van der Waals surface area contributed by atoms with Crippen molar-refractivity contribution in [3.05, 3.63) is 34.9 Å². The molecule has 0 aliphatic rings. The van der Waals surface area contributed by atoms with E-state index in [9.17, 15) is 4.79 Å². The van der Waals surface area contributed by atoms with E-state index < -0.39 is 0 Å². The van der Waals surface area contributed by atoms with Gasteiger partial charge in [-0.3, -0.25) is 4.79 Å². The summed E-state index contributed by atoms with van der Waals surface area (Å²) in [5.41, 5.74) is 9.00. The number of nitrogens with two attached hydrogens (primary N) is 1. The number of rotatable bonds is 4. The van der Waals surface area contributed by atoms with Crippen LogP contribution < -0.4 is 5.73 Å². The molecule has 0 aromatic heterocycles. The van der Waals surface area contributed by atoms with E-state index in [2.05, 4.69) is 32.0 Å². The van der Waals surface area contributed by atoms with Crippen LogP contribution in [0.2, 0.25) is 0 Å². The summed E-state index contributed by atoms with van der Waals surface area (Å²) in [5.74, 6) is 0.130. The molecule has 0 heterocycles. The Hall–Kier alpha value is -1.15. The van der Waals surface area contributed by atoms with Gasteiger partial charge >= 0.3 is 0 Å². The number of hydrogen-bond acceptors (Lipinski definition) is 2. The van der Waals surface area contributed by atoms with Gasteiger partial charge < -0.3 is 5.73 Å². The van der Waals surface area contributed by atoms with Gasteiger partial charge in [0, 0.05) is 6.42 Å². The third kappa shape index (κ3) is 2.96. The van der Waals surface area contributed by atoms with Crippen molar-refractivity contribution in [2.75, 3.05) is 6.54 Å². The van der Waals surface area contributed by atoms with Crippen LogP contribution in [0.1, 0.15) is 23.1 Å². The van der Waals surface area contributed by atoms with E-state index >= 15 is 0 Å². The number of ketones is 1. The van der Waals surface area contributed by atoms with Crippen molar-refractivity contribution in [1.29, 1.82) is 0 Å². The smallest absolute Gasteiger partial charge is 0.146 e. The number of carbonyl (C=O) groups excluding carboxylic acids is 1. The third-order valence-electron chi connectivity index (χ3n) is 2.41. The Labute approximate surface area is 85.1 Å². The van der Waals surface area contributed by atoms with Crippen molar-refractivity contribution < 1.29 is 4.79 Å². The Kier molecular flexibility index (Phi) is 3.84. The molecule has 2 heteroatoms. The Bertz CT molecular complexity index is 331. The second-order valence-corrected chi connectivity index (χ2v) is 3.67. The molecule has 0 aliphatic carbocycles. The first-order valence-corrected chi connectivity index (χ1v) is 4.91. The monoisotopic (exact) mass is 191 g/mol. The number of Topliss-reactive ketones (excluding diaryl/α,β-unsaturated/α-hetero) is 1. The molecule has 0 atom stereocenters. The highest BCUT2D eigenvalue weighted by Gasteiger charge is 2.02. The predicted octanol–water partition coefficient (Wildman–Crippen LogP) is 1.76. The average Bonchev–Trinajstić information content (AvgIpc) is 2.19. The molecule has 76 valence electrons. The Morgan fingerprint density at radius 3 is 2.71 bits per heavy atom. The average molecular weight is 191 g/mol. The van der Waals surface area contributed by atoms with Gasteiger partial charge in [-0.25, -0.2) is 0 Å². The predicted molar refractivity (Wildman–Crippen MR) is 58.3 cm³/mol. The molecular weight excluding hydrogens is 174 g/mol. The summed E-state index contributed by atoms with van der Waals surface area (Å²) in [6, 6.07) is 6.32. The summed E-state index contributed by atoms with van der Waals surface area (Å²) in [7, 11) is 0. The Morgan fingerprint density at radius 1 is 1.36 bits per heavy atom. The van der Waals surface area contributed by atoms with Crippen LogP contribution in [0, 0.1) is 13.8 Å². The SMILES string of the molecule is Cc1ccc(C)c(CCC(=O)CN)c1. The fourth-order valence-corrected chi connectivity index (χ4v) is 1.45. The van der Waals surface area contributed by atoms with Crippen molar-refractivity contribution in [3.63, 3.8) is 0 Å². The minimum atomic E-state index is 0.130. The second-order valence-electron chi connectivity index (χ2n) is 3.67. The highest BCUT2D eigenvalue weighted by molar-refractivity contribution is 5.80. The zero-order valence-corrected chi connectivity index (χ0v) is 8.84. The van der Waals surface area contributed by atoms with Crippen molar-refractivity contribution >= 4 is 5.78 Å². The maximum absolute atomic E-state index is 11.1. The maximum atomic E-state index is 11.1. The van der Waals surface area contributed by atoms with E-state index in [-0.39, 0.29) is 12.3 Å². The molecule has 0 amide bonds. The van der Waals surface area contributed by atoms with E-state index in [0.717, 1.165) is 6.42 Å². The molecule has 2 N–H and O–H groups in total. The molecule has 0 saturated heterocycles. The van der Waals surface area contributed by atoms with Gasteiger partial charge in [0.2, 0.25) is 0 Å².